The van der Waals surface area contributed by atoms with Crippen LogP contribution in [0.2, 0.25) is 0 Å². The topological polar surface area (TPSA) is 63.3 Å². The van der Waals surface area contributed by atoms with Crippen LogP contribution in [-0.4, -0.2) is 5.11 Å². The Morgan fingerprint density at radius 1 is 1.00 bits per heavy atom. The molecule has 2 aromatic carbocycles. The molecule has 3 N–H and O–H groups in total. The van der Waals surface area contributed by atoms with Crippen LogP contribution >= 0.6 is 7.80 Å². The molecular formula is C12H11NO2P. The largest absolute Gasteiger partial charge is 0.506 e. The van der Waals surface area contributed by atoms with Crippen molar-refractivity contribution in [1.29, 1.82) is 0 Å². The average Bonchev–Trinajstić information content (AvgIpc) is 2.33. The third-order valence-electron chi connectivity index (χ3n) is 2.24. The van der Waals surface area contributed by atoms with Crippen LogP contribution in [0.5, 0.6) is 5.75 Å². The number of nitrogen functional groups attached to an aromatic ring is 1. The minimum absolute atomic E-state index is 0.0141. The van der Waals surface area contributed by atoms with Crippen molar-refractivity contribution < 1.29 is 9.67 Å². The molecule has 0 saturated heterocycles. The first-order valence-corrected chi connectivity index (χ1v) is 6.05. The van der Waals surface area contributed by atoms with Crippen LogP contribution in [0.3, 0.4) is 0 Å². The first kappa shape index (κ1) is 10.7. The molecule has 0 aromatic heterocycles. The van der Waals surface area contributed by atoms with E-state index in [0.29, 0.717) is 5.30 Å². The van der Waals surface area contributed by atoms with E-state index in [-0.39, 0.29) is 11.4 Å². The molecule has 81 valence electrons. The molecule has 16 heavy (non-hydrogen) atoms. The molecule has 0 amide bonds. The summed E-state index contributed by atoms with van der Waals surface area (Å²) >= 11 is 0. The number of hydrogen-bond acceptors (Lipinski definition) is 3. The molecule has 0 bridgehead atoms. The van der Waals surface area contributed by atoms with Gasteiger partial charge in [0.05, 0.1) is 5.69 Å². The summed E-state index contributed by atoms with van der Waals surface area (Å²) in [4.78, 5) is 0. The lowest BCUT2D eigenvalue weighted by Gasteiger charge is -2.03. The van der Waals surface area contributed by atoms with Crippen LogP contribution < -0.4 is 16.3 Å². The second kappa shape index (κ2) is 4.33. The van der Waals surface area contributed by atoms with Gasteiger partial charge in [-0.2, -0.15) is 0 Å². The Morgan fingerprint density at radius 2 is 1.69 bits per heavy atom. The lowest BCUT2D eigenvalue weighted by atomic mass is 10.3. The molecule has 1 unspecified atom stereocenters. The van der Waals surface area contributed by atoms with Crippen molar-refractivity contribution in [3.05, 3.63) is 48.5 Å². The number of anilines is 1. The predicted molar refractivity (Wildman–Crippen MR) is 65.8 cm³/mol. The van der Waals surface area contributed by atoms with Crippen molar-refractivity contribution in [3.8, 4) is 5.75 Å². The maximum Gasteiger partial charge on any atom is 0.138 e. The van der Waals surface area contributed by atoms with E-state index in [1.807, 2.05) is 30.3 Å². The maximum atomic E-state index is 12.1. The molecule has 3 nitrogen and oxygen atoms in total. The Hall–Kier alpha value is -1.86. The minimum atomic E-state index is -1.64. The Morgan fingerprint density at radius 3 is 2.31 bits per heavy atom. The molecule has 0 spiro atoms. The molecule has 1 radical (unpaired) electrons. The van der Waals surface area contributed by atoms with Gasteiger partial charge >= 0.3 is 0 Å². The predicted octanol–water partition coefficient (Wildman–Crippen LogP) is 1.75. The van der Waals surface area contributed by atoms with Crippen molar-refractivity contribution in [3.63, 3.8) is 0 Å². The minimum Gasteiger partial charge on any atom is -0.506 e. The van der Waals surface area contributed by atoms with E-state index in [4.69, 9.17) is 5.73 Å². The Labute approximate surface area is 94.3 Å². The fourth-order valence-electron chi connectivity index (χ4n) is 1.38. The average molecular weight is 232 g/mol. The summed E-state index contributed by atoms with van der Waals surface area (Å²) in [6.07, 6.45) is 0. The molecule has 0 heterocycles. The van der Waals surface area contributed by atoms with Gasteiger partial charge in [0.25, 0.3) is 0 Å². The molecule has 0 saturated carbocycles. The van der Waals surface area contributed by atoms with Gasteiger partial charge in [-0.15, -0.1) is 0 Å². The van der Waals surface area contributed by atoms with E-state index in [2.05, 4.69) is 0 Å². The standard InChI is InChI=1S/C12H11NO2P/c13-11-8-10(6-7-12(11)14)16(15)9-4-2-1-3-5-9/h1-8,14H,13H2. The van der Waals surface area contributed by atoms with E-state index in [1.165, 1.54) is 6.07 Å². The number of phenolic OH excluding ortho intramolecular Hbond substituents is 1. The van der Waals surface area contributed by atoms with Gasteiger partial charge in [0.2, 0.25) is 0 Å². The van der Waals surface area contributed by atoms with Gasteiger partial charge < -0.3 is 10.8 Å². The quantitative estimate of drug-likeness (QED) is 0.471. The molecule has 0 aliphatic rings. The Kier molecular flexibility index (Phi) is 2.88. The second-order valence-corrected chi connectivity index (χ2v) is 4.99. The highest BCUT2D eigenvalue weighted by molar-refractivity contribution is 7.61. The Bertz CT molecular complexity index is 526. The molecule has 2 aromatic rings. The van der Waals surface area contributed by atoms with Gasteiger partial charge in [-0.25, -0.2) is 0 Å². The van der Waals surface area contributed by atoms with E-state index < -0.39 is 7.80 Å². The summed E-state index contributed by atoms with van der Waals surface area (Å²) in [5.74, 6) is 0.0141. The zero-order chi connectivity index (χ0) is 11.5. The van der Waals surface area contributed by atoms with Gasteiger partial charge in [0.1, 0.15) is 13.6 Å². The molecule has 2 rings (SSSR count). The summed E-state index contributed by atoms with van der Waals surface area (Å²) in [5.41, 5.74) is 5.81. The van der Waals surface area contributed by atoms with E-state index in [1.54, 1.807) is 12.1 Å². The first-order valence-electron chi connectivity index (χ1n) is 4.79. The third kappa shape index (κ3) is 2.05. The molecule has 1 atom stereocenters. The SMILES string of the molecule is Nc1cc([P](=O)c2ccccc2)ccc1O. The van der Waals surface area contributed by atoms with Crippen molar-refractivity contribution >= 4 is 24.1 Å². The monoisotopic (exact) mass is 232 g/mol. The van der Waals surface area contributed by atoms with Gasteiger partial charge in [0, 0.05) is 10.6 Å². The van der Waals surface area contributed by atoms with E-state index in [0.717, 1.165) is 5.30 Å². The highest BCUT2D eigenvalue weighted by Gasteiger charge is 2.08. The number of phenols is 1. The fourth-order valence-corrected chi connectivity index (χ4v) is 2.59. The van der Waals surface area contributed by atoms with Crippen LogP contribution in [0.1, 0.15) is 0 Å². The highest BCUT2D eigenvalue weighted by atomic mass is 31.1. The number of benzene rings is 2. The van der Waals surface area contributed by atoms with Crippen LogP contribution in [-0.2, 0) is 4.57 Å². The van der Waals surface area contributed by atoms with E-state index in [9.17, 15) is 9.67 Å². The van der Waals surface area contributed by atoms with Crippen molar-refractivity contribution in [2.45, 2.75) is 0 Å². The van der Waals surface area contributed by atoms with Crippen LogP contribution in [0.15, 0.2) is 48.5 Å². The van der Waals surface area contributed by atoms with Crippen LogP contribution in [0, 0.1) is 0 Å². The molecule has 0 fully saturated rings. The molecule has 0 aliphatic heterocycles. The van der Waals surface area contributed by atoms with Gasteiger partial charge in [0.15, 0.2) is 0 Å². The summed E-state index contributed by atoms with van der Waals surface area (Å²) in [6.45, 7) is 0. The van der Waals surface area contributed by atoms with Gasteiger partial charge in [-0.3, -0.25) is 4.57 Å². The van der Waals surface area contributed by atoms with Gasteiger partial charge in [-0.05, 0) is 30.3 Å². The van der Waals surface area contributed by atoms with Crippen molar-refractivity contribution in [2.75, 3.05) is 5.73 Å². The third-order valence-corrected chi connectivity index (χ3v) is 3.75. The second-order valence-electron chi connectivity index (χ2n) is 3.37. The lowest BCUT2D eigenvalue weighted by Crippen LogP contribution is -2.06. The summed E-state index contributed by atoms with van der Waals surface area (Å²) in [6, 6.07) is 13.8. The molecule has 0 aliphatic carbocycles. The molecular weight excluding hydrogens is 221 g/mol. The van der Waals surface area contributed by atoms with Crippen molar-refractivity contribution in [1.82, 2.24) is 0 Å². The number of rotatable bonds is 2. The summed E-state index contributed by atoms with van der Waals surface area (Å²) < 4.78 is 12.1. The number of nitrogens with two attached hydrogens (primary N) is 1. The molecule has 4 heteroatoms. The zero-order valence-electron chi connectivity index (χ0n) is 8.50. The van der Waals surface area contributed by atoms with Crippen LogP contribution in [0.25, 0.3) is 0 Å². The normalized spacial score (nSPS) is 11.1. The summed E-state index contributed by atoms with van der Waals surface area (Å²) in [7, 11) is -1.64. The highest BCUT2D eigenvalue weighted by Crippen LogP contribution is 2.24. The zero-order valence-corrected chi connectivity index (χ0v) is 9.39. The lowest BCUT2D eigenvalue weighted by molar-refractivity contribution is 0.478. The Balaban J connectivity index is 2.39. The number of hydrogen-bond donors (Lipinski definition) is 2. The number of aromatic hydroxyl groups is 1. The van der Waals surface area contributed by atoms with Gasteiger partial charge in [-0.1, -0.05) is 18.2 Å². The summed E-state index contributed by atoms with van der Waals surface area (Å²) in [5, 5.41) is 10.7. The smallest absolute Gasteiger partial charge is 0.138 e. The van der Waals surface area contributed by atoms with E-state index >= 15 is 0 Å². The van der Waals surface area contributed by atoms with Crippen LogP contribution in [0.4, 0.5) is 5.69 Å². The first-order chi connectivity index (χ1) is 7.68. The van der Waals surface area contributed by atoms with Crippen molar-refractivity contribution in [2.24, 2.45) is 0 Å². The fraction of sp³-hybridized carbons (Fsp3) is 0. The maximum absolute atomic E-state index is 12.1.